The molecule has 0 atom stereocenters. The maximum atomic E-state index is 8.98. The summed E-state index contributed by atoms with van der Waals surface area (Å²) >= 11 is 1.77. The van der Waals surface area contributed by atoms with E-state index in [2.05, 4.69) is 32.4 Å². The molecule has 4 nitrogen and oxygen atoms in total. The molecule has 2 aromatic rings. The van der Waals surface area contributed by atoms with Gasteiger partial charge >= 0.3 is 0 Å². The molecule has 1 aliphatic carbocycles. The number of aliphatic hydroxyl groups excluding tert-OH is 1. The van der Waals surface area contributed by atoms with Crippen LogP contribution in [0, 0.1) is 0 Å². The van der Waals surface area contributed by atoms with Crippen molar-refractivity contribution in [2.24, 2.45) is 0 Å². The van der Waals surface area contributed by atoms with Crippen molar-refractivity contribution in [1.29, 1.82) is 0 Å². The van der Waals surface area contributed by atoms with E-state index >= 15 is 0 Å². The number of aliphatic hydroxyl groups is 1. The van der Waals surface area contributed by atoms with Gasteiger partial charge in [0.25, 0.3) is 0 Å². The van der Waals surface area contributed by atoms with Crippen molar-refractivity contribution in [3.63, 3.8) is 0 Å². The fourth-order valence-corrected chi connectivity index (χ4v) is 2.63. The molecule has 0 bridgehead atoms. The SMILES string of the molecule is OCc1cnc(N(Cc2cccs2)C2CC2)cn1. The van der Waals surface area contributed by atoms with Gasteiger partial charge in [0.15, 0.2) is 0 Å². The molecule has 1 aliphatic rings. The third kappa shape index (κ3) is 2.52. The van der Waals surface area contributed by atoms with Crippen molar-refractivity contribution >= 4 is 17.2 Å². The smallest absolute Gasteiger partial charge is 0.147 e. The second-order valence-electron chi connectivity index (χ2n) is 4.46. The molecule has 0 amide bonds. The molecule has 18 heavy (non-hydrogen) atoms. The van der Waals surface area contributed by atoms with Crippen LogP contribution in [0.4, 0.5) is 5.82 Å². The van der Waals surface area contributed by atoms with Crippen LogP contribution in [0.25, 0.3) is 0 Å². The highest BCUT2D eigenvalue weighted by Crippen LogP contribution is 2.32. The summed E-state index contributed by atoms with van der Waals surface area (Å²) in [7, 11) is 0. The average Bonchev–Trinajstić information content (AvgIpc) is 3.13. The number of rotatable bonds is 5. The Morgan fingerprint density at radius 1 is 1.33 bits per heavy atom. The maximum absolute atomic E-state index is 8.98. The third-order valence-corrected chi connectivity index (χ3v) is 3.90. The minimum absolute atomic E-state index is 0.0539. The number of hydrogen-bond donors (Lipinski definition) is 1. The number of thiophene rings is 1. The second kappa shape index (κ2) is 5.04. The monoisotopic (exact) mass is 261 g/mol. The molecule has 1 fully saturated rings. The molecule has 0 aromatic carbocycles. The molecule has 94 valence electrons. The van der Waals surface area contributed by atoms with Crippen molar-refractivity contribution in [3.05, 3.63) is 40.5 Å². The van der Waals surface area contributed by atoms with E-state index < -0.39 is 0 Å². The van der Waals surface area contributed by atoms with Crippen LogP contribution in [0.1, 0.15) is 23.4 Å². The largest absolute Gasteiger partial charge is 0.390 e. The lowest BCUT2D eigenvalue weighted by Gasteiger charge is -2.22. The molecule has 2 heterocycles. The van der Waals surface area contributed by atoms with Crippen LogP contribution in [-0.4, -0.2) is 21.1 Å². The fourth-order valence-electron chi connectivity index (χ4n) is 1.93. The highest BCUT2D eigenvalue weighted by molar-refractivity contribution is 7.09. The Morgan fingerprint density at radius 3 is 2.78 bits per heavy atom. The molecule has 0 radical (unpaired) electrons. The van der Waals surface area contributed by atoms with Crippen LogP contribution in [0.2, 0.25) is 0 Å². The van der Waals surface area contributed by atoms with Crippen molar-refractivity contribution < 1.29 is 5.11 Å². The van der Waals surface area contributed by atoms with Gasteiger partial charge < -0.3 is 10.0 Å². The van der Waals surface area contributed by atoms with Crippen molar-refractivity contribution in [1.82, 2.24) is 9.97 Å². The van der Waals surface area contributed by atoms with Crippen LogP contribution in [0.5, 0.6) is 0 Å². The average molecular weight is 261 g/mol. The Labute approximate surface area is 110 Å². The maximum Gasteiger partial charge on any atom is 0.147 e. The van der Waals surface area contributed by atoms with E-state index in [-0.39, 0.29) is 6.61 Å². The van der Waals surface area contributed by atoms with Gasteiger partial charge in [-0.2, -0.15) is 0 Å². The first-order valence-electron chi connectivity index (χ1n) is 6.07. The molecule has 3 rings (SSSR count). The van der Waals surface area contributed by atoms with Crippen LogP contribution in [0.15, 0.2) is 29.9 Å². The summed E-state index contributed by atoms with van der Waals surface area (Å²) < 4.78 is 0. The second-order valence-corrected chi connectivity index (χ2v) is 5.49. The van der Waals surface area contributed by atoms with Crippen LogP contribution in [-0.2, 0) is 13.2 Å². The van der Waals surface area contributed by atoms with Gasteiger partial charge in [-0.1, -0.05) is 6.07 Å². The van der Waals surface area contributed by atoms with E-state index in [4.69, 9.17) is 5.11 Å². The van der Waals surface area contributed by atoms with E-state index in [1.165, 1.54) is 17.7 Å². The Hall–Kier alpha value is -1.46. The standard InChI is InChI=1S/C13H15N3OS/c17-9-10-6-15-13(7-14-10)16(11-3-4-11)8-12-2-1-5-18-12/h1-2,5-7,11,17H,3-4,8-9H2. The van der Waals surface area contributed by atoms with E-state index in [9.17, 15) is 0 Å². The first-order chi connectivity index (χ1) is 8.86. The molecular weight excluding hydrogens is 246 g/mol. The van der Waals surface area contributed by atoms with Crippen LogP contribution < -0.4 is 4.90 Å². The Bertz CT molecular complexity index is 493. The van der Waals surface area contributed by atoms with E-state index in [1.807, 2.05) is 0 Å². The summed E-state index contributed by atoms with van der Waals surface area (Å²) in [6.07, 6.45) is 5.88. The van der Waals surface area contributed by atoms with Gasteiger partial charge in [0.05, 0.1) is 31.2 Å². The topological polar surface area (TPSA) is 49.3 Å². The minimum atomic E-state index is -0.0539. The van der Waals surface area contributed by atoms with Gasteiger partial charge in [0, 0.05) is 10.9 Å². The first kappa shape index (κ1) is 11.6. The summed E-state index contributed by atoms with van der Waals surface area (Å²) in [6.45, 7) is 0.844. The predicted molar refractivity (Wildman–Crippen MR) is 71.5 cm³/mol. The minimum Gasteiger partial charge on any atom is -0.390 e. The van der Waals surface area contributed by atoms with Gasteiger partial charge in [0.1, 0.15) is 5.82 Å². The molecule has 1 saturated carbocycles. The predicted octanol–water partition coefficient (Wildman–Crippen LogP) is 2.20. The zero-order valence-electron chi connectivity index (χ0n) is 9.99. The number of anilines is 1. The molecule has 0 saturated heterocycles. The molecule has 2 aromatic heterocycles. The number of hydrogen-bond acceptors (Lipinski definition) is 5. The van der Waals surface area contributed by atoms with Crippen molar-refractivity contribution in [2.45, 2.75) is 32.0 Å². The van der Waals surface area contributed by atoms with Crippen LogP contribution in [0.3, 0.4) is 0 Å². The number of nitrogens with zero attached hydrogens (tertiary/aromatic N) is 3. The van der Waals surface area contributed by atoms with Crippen molar-refractivity contribution in [2.75, 3.05) is 4.90 Å². The summed E-state index contributed by atoms with van der Waals surface area (Å²) in [5, 5.41) is 11.1. The highest BCUT2D eigenvalue weighted by atomic mass is 32.1. The van der Waals surface area contributed by atoms with Gasteiger partial charge in [-0.25, -0.2) is 4.98 Å². The zero-order chi connectivity index (χ0) is 12.4. The van der Waals surface area contributed by atoms with E-state index in [1.54, 1.807) is 23.7 Å². The summed E-state index contributed by atoms with van der Waals surface area (Å²) in [5.74, 6) is 0.906. The first-order valence-corrected chi connectivity index (χ1v) is 6.95. The van der Waals surface area contributed by atoms with Gasteiger partial charge in [-0.3, -0.25) is 4.98 Å². The van der Waals surface area contributed by atoms with E-state index in [0.717, 1.165) is 12.4 Å². The summed E-state index contributed by atoms with van der Waals surface area (Å²) in [4.78, 5) is 12.3. The van der Waals surface area contributed by atoms with Crippen molar-refractivity contribution in [3.8, 4) is 0 Å². The Kier molecular flexibility index (Phi) is 3.25. The van der Waals surface area contributed by atoms with E-state index in [0.29, 0.717) is 11.7 Å². The fraction of sp³-hybridized carbons (Fsp3) is 0.385. The third-order valence-electron chi connectivity index (χ3n) is 3.04. The van der Waals surface area contributed by atoms with Gasteiger partial charge in [0.2, 0.25) is 0 Å². The quantitative estimate of drug-likeness (QED) is 0.896. The molecule has 1 N–H and O–H groups in total. The summed E-state index contributed by atoms with van der Waals surface area (Å²) in [6, 6.07) is 4.82. The van der Waals surface area contributed by atoms with Crippen LogP contribution >= 0.6 is 11.3 Å². The van der Waals surface area contributed by atoms with Gasteiger partial charge in [-0.05, 0) is 24.3 Å². The normalized spacial score (nSPS) is 14.7. The summed E-state index contributed by atoms with van der Waals surface area (Å²) in [5.41, 5.74) is 0.616. The lowest BCUT2D eigenvalue weighted by molar-refractivity contribution is 0.276. The Morgan fingerprint density at radius 2 is 2.22 bits per heavy atom. The van der Waals surface area contributed by atoms with Gasteiger partial charge in [-0.15, -0.1) is 11.3 Å². The highest BCUT2D eigenvalue weighted by Gasteiger charge is 2.30. The molecular formula is C13H15N3OS. The molecule has 0 spiro atoms. The zero-order valence-corrected chi connectivity index (χ0v) is 10.8. The number of aromatic nitrogens is 2. The lowest BCUT2D eigenvalue weighted by Crippen LogP contribution is -2.25. The lowest BCUT2D eigenvalue weighted by atomic mass is 10.4. The molecule has 0 unspecified atom stereocenters. The Balaban J connectivity index is 1.80. The molecule has 5 heteroatoms. The molecule has 0 aliphatic heterocycles.